The average Bonchev–Trinajstić information content (AvgIpc) is 2.87. The molecule has 1 heterocycles. The molecule has 19 heavy (non-hydrogen) atoms. The number of amides is 1. The molecule has 2 rings (SSSR count). The van der Waals surface area contributed by atoms with E-state index in [1.54, 1.807) is 12.1 Å². The topological polar surface area (TPSA) is 95.9 Å². The fourth-order valence-corrected chi connectivity index (χ4v) is 1.93. The summed E-state index contributed by atoms with van der Waals surface area (Å²) >= 11 is 0. The zero-order chi connectivity index (χ0) is 13.8. The highest BCUT2D eigenvalue weighted by Crippen LogP contribution is 2.20. The van der Waals surface area contributed by atoms with E-state index in [2.05, 4.69) is 5.32 Å². The first kappa shape index (κ1) is 13.4. The third-order valence-electron chi connectivity index (χ3n) is 2.99. The van der Waals surface area contributed by atoms with Gasteiger partial charge in [-0.05, 0) is 30.5 Å². The molecule has 0 aliphatic carbocycles. The first-order chi connectivity index (χ1) is 9.06. The number of aromatic hydroxyl groups is 1. The summed E-state index contributed by atoms with van der Waals surface area (Å²) < 4.78 is 5.14. The Labute approximate surface area is 110 Å². The molecule has 1 aromatic rings. The van der Waals surface area contributed by atoms with Crippen molar-refractivity contribution < 1.29 is 24.5 Å². The summed E-state index contributed by atoms with van der Waals surface area (Å²) in [5.41, 5.74) is 0.846. The Morgan fingerprint density at radius 1 is 1.21 bits per heavy atom. The fourth-order valence-electron chi connectivity index (χ4n) is 1.93. The van der Waals surface area contributed by atoms with Gasteiger partial charge in [-0.25, -0.2) is 4.79 Å². The van der Waals surface area contributed by atoms with Crippen LogP contribution in [0.25, 0.3) is 0 Å². The molecule has 0 saturated carbocycles. The van der Waals surface area contributed by atoms with E-state index in [0.29, 0.717) is 19.4 Å². The van der Waals surface area contributed by atoms with Crippen molar-refractivity contribution in [3.63, 3.8) is 0 Å². The summed E-state index contributed by atoms with van der Waals surface area (Å²) in [5.74, 6) is -1.18. The van der Waals surface area contributed by atoms with Crippen molar-refractivity contribution in [1.29, 1.82) is 0 Å². The number of aliphatic carboxylic acids is 1. The zero-order valence-electron chi connectivity index (χ0n) is 10.2. The molecular weight excluding hydrogens is 250 g/mol. The lowest BCUT2D eigenvalue weighted by atomic mass is 10.2. The number of rotatable bonds is 4. The fraction of sp³-hybridized carbons (Fsp3) is 0.385. The van der Waals surface area contributed by atoms with Crippen LogP contribution in [0.15, 0.2) is 24.3 Å². The molecular formula is C13H15NO5. The molecule has 1 aliphatic heterocycles. The Kier molecular flexibility index (Phi) is 4.01. The molecule has 0 spiro atoms. The van der Waals surface area contributed by atoms with Crippen LogP contribution in [-0.2, 0) is 20.9 Å². The standard InChI is InChI=1S/C13H15NO5/c15-9-3-1-8(2-4-9)7-14-12(16)10-5-6-11(19-10)13(17)18/h1-4,10-11,15H,5-7H2,(H,14,16)(H,17,18)/t10-,11+/m0/s1. The maximum atomic E-state index is 11.8. The van der Waals surface area contributed by atoms with Gasteiger partial charge in [0.1, 0.15) is 11.9 Å². The van der Waals surface area contributed by atoms with Crippen molar-refractivity contribution in [2.75, 3.05) is 0 Å². The number of carboxylic acid groups (broad SMARTS) is 1. The molecule has 1 aromatic carbocycles. The second kappa shape index (κ2) is 5.71. The van der Waals surface area contributed by atoms with Gasteiger partial charge < -0.3 is 20.3 Å². The van der Waals surface area contributed by atoms with Crippen LogP contribution in [0, 0.1) is 0 Å². The molecule has 0 aromatic heterocycles. The van der Waals surface area contributed by atoms with Crippen molar-refractivity contribution >= 4 is 11.9 Å². The van der Waals surface area contributed by atoms with E-state index >= 15 is 0 Å². The molecule has 0 bridgehead atoms. The van der Waals surface area contributed by atoms with Gasteiger partial charge in [0.15, 0.2) is 6.10 Å². The van der Waals surface area contributed by atoms with Gasteiger partial charge in [0.2, 0.25) is 5.91 Å². The lowest BCUT2D eigenvalue weighted by Gasteiger charge is -2.11. The number of hydrogen-bond acceptors (Lipinski definition) is 4. The van der Waals surface area contributed by atoms with Crippen LogP contribution in [0.4, 0.5) is 0 Å². The predicted molar refractivity (Wildman–Crippen MR) is 65.5 cm³/mol. The van der Waals surface area contributed by atoms with E-state index in [4.69, 9.17) is 14.9 Å². The van der Waals surface area contributed by atoms with E-state index in [1.165, 1.54) is 12.1 Å². The second-order valence-corrected chi connectivity index (χ2v) is 4.41. The number of ether oxygens (including phenoxy) is 1. The van der Waals surface area contributed by atoms with Crippen LogP contribution in [-0.4, -0.2) is 34.3 Å². The molecule has 6 heteroatoms. The molecule has 1 amide bonds. The lowest BCUT2D eigenvalue weighted by Crippen LogP contribution is -2.35. The Morgan fingerprint density at radius 3 is 2.42 bits per heavy atom. The van der Waals surface area contributed by atoms with E-state index in [0.717, 1.165) is 5.56 Å². The summed E-state index contributed by atoms with van der Waals surface area (Å²) in [7, 11) is 0. The monoisotopic (exact) mass is 265 g/mol. The normalized spacial score (nSPS) is 22.1. The van der Waals surface area contributed by atoms with Gasteiger partial charge in [0.25, 0.3) is 0 Å². The van der Waals surface area contributed by atoms with Crippen LogP contribution in [0.3, 0.4) is 0 Å². The van der Waals surface area contributed by atoms with E-state index < -0.39 is 18.2 Å². The Balaban J connectivity index is 1.82. The van der Waals surface area contributed by atoms with Crippen LogP contribution < -0.4 is 5.32 Å². The summed E-state index contributed by atoms with van der Waals surface area (Å²) in [6.07, 6.45) is -0.812. The minimum Gasteiger partial charge on any atom is -0.508 e. The van der Waals surface area contributed by atoms with Gasteiger partial charge in [-0.3, -0.25) is 4.79 Å². The SMILES string of the molecule is O=C(NCc1ccc(O)cc1)[C@@H]1CC[C@H](C(=O)O)O1. The minimum atomic E-state index is -1.03. The van der Waals surface area contributed by atoms with Crippen LogP contribution in [0.2, 0.25) is 0 Å². The van der Waals surface area contributed by atoms with Crippen LogP contribution in [0.5, 0.6) is 5.75 Å². The first-order valence-corrected chi connectivity index (χ1v) is 6.00. The summed E-state index contributed by atoms with van der Waals surface area (Å²) in [4.78, 5) is 22.5. The van der Waals surface area contributed by atoms with Crippen LogP contribution in [0.1, 0.15) is 18.4 Å². The third kappa shape index (κ3) is 3.45. The van der Waals surface area contributed by atoms with Gasteiger partial charge in [-0.2, -0.15) is 0 Å². The van der Waals surface area contributed by atoms with E-state index in [-0.39, 0.29) is 11.7 Å². The van der Waals surface area contributed by atoms with Crippen molar-refractivity contribution in [3.05, 3.63) is 29.8 Å². The highest BCUT2D eigenvalue weighted by atomic mass is 16.5. The van der Waals surface area contributed by atoms with Gasteiger partial charge in [0, 0.05) is 6.54 Å². The predicted octanol–water partition coefficient (Wildman–Crippen LogP) is 0.641. The molecule has 0 unspecified atom stereocenters. The molecule has 1 saturated heterocycles. The summed E-state index contributed by atoms with van der Waals surface area (Å²) in [5, 5.41) is 20.6. The van der Waals surface area contributed by atoms with Gasteiger partial charge in [0.05, 0.1) is 0 Å². The van der Waals surface area contributed by atoms with Gasteiger partial charge in [-0.15, -0.1) is 0 Å². The molecule has 2 atom stereocenters. The zero-order valence-corrected chi connectivity index (χ0v) is 10.2. The highest BCUT2D eigenvalue weighted by molar-refractivity contribution is 5.82. The van der Waals surface area contributed by atoms with Crippen molar-refractivity contribution in [3.8, 4) is 5.75 Å². The Bertz CT molecular complexity index is 470. The second-order valence-electron chi connectivity index (χ2n) is 4.41. The lowest BCUT2D eigenvalue weighted by molar-refractivity contribution is -0.151. The number of phenolic OH excluding ortho intramolecular Hbond substituents is 1. The summed E-state index contributed by atoms with van der Waals surface area (Å²) in [6.45, 7) is 0.316. The number of benzene rings is 1. The van der Waals surface area contributed by atoms with Gasteiger partial charge in [-0.1, -0.05) is 12.1 Å². The van der Waals surface area contributed by atoms with Gasteiger partial charge >= 0.3 is 5.97 Å². The quantitative estimate of drug-likeness (QED) is 0.742. The number of carbonyl (C=O) groups excluding carboxylic acids is 1. The first-order valence-electron chi connectivity index (χ1n) is 6.00. The summed E-state index contributed by atoms with van der Waals surface area (Å²) in [6, 6.07) is 6.47. The molecule has 1 fully saturated rings. The number of nitrogens with one attached hydrogen (secondary N) is 1. The Morgan fingerprint density at radius 2 is 1.84 bits per heavy atom. The maximum absolute atomic E-state index is 11.8. The minimum absolute atomic E-state index is 0.165. The molecule has 1 aliphatic rings. The van der Waals surface area contributed by atoms with E-state index in [9.17, 15) is 9.59 Å². The van der Waals surface area contributed by atoms with Crippen molar-refractivity contribution in [2.45, 2.75) is 31.6 Å². The smallest absolute Gasteiger partial charge is 0.332 e. The average molecular weight is 265 g/mol. The molecule has 3 N–H and O–H groups in total. The number of carboxylic acids is 1. The van der Waals surface area contributed by atoms with E-state index in [1.807, 2.05) is 0 Å². The largest absolute Gasteiger partial charge is 0.508 e. The van der Waals surface area contributed by atoms with Crippen molar-refractivity contribution in [2.24, 2.45) is 0 Å². The highest BCUT2D eigenvalue weighted by Gasteiger charge is 2.34. The maximum Gasteiger partial charge on any atom is 0.332 e. The molecule has 102 valence electrons. The molecule has 0 radical (unpaired) electrons. The number of phenols is 1. The Hall–Kier alpha value is -2.08. The van der Waals surface area contributed by atoms with Crippen molar-refractivity contribution in [1.82, 2.24) is 5.32 Å². The molecule has 6 nitrogen and oxygen atoms in total. The van der Waals surface area contributed by atoms with Crippen LogP contribution >= 0.6 is 0 Å². The number of carbonyl (C=O) groups is 2. The third-order valence-corrected chi connectivity index (χ3v) is 2.99. The number of hydrogen-bond donors (Lipinski definition) is 3.